The predicted molar refractivity (Wildman–Crippen MR) is 130 cm³/mol. The predicted octanol–water partition coefficient (Wildman–Crippen LogP) is 4.12. The van der Waals surface area contributed by atoms with Crippen LogP contribution < -0.4 is 9.47 Å². The molecule has 1 amide bonds. The van der Waals surface area contributed by atoms with Crippen molar-refractivity contribution < 1.29 is 33.7 Å². The van der Waals surface area contributed by atoms with E-state index in [4.69, 9.17) is 14.2 Å². The van der Waals surface area contributed by atoms with Gasteiger partial charge in [0, 0.05) is 26.1 Å². The summed E-state index contributed by atoms with van der Waals surface area (Å²) in [6, 6.07) is 9.30. The zero-order chi connectivity index (χ0) is 25.9. The number of carbonyl (C=O) groups excluding carboxylic acids is 3. The third-order valence-corrected chi connectivity index (χ3v) is 5.97. The van der Waals surface area contributed by atoms with Crippen LogP contribution in [0.25, 0.3) is 5.76 Å². The second-order valence-electron chi connectivity index (χ2n) is 8.72. The van der Waals surface area contributed by atoms with Gasteiger partial charge in [0.25, 0.3) is 11.7 Å². The molecule has 0 radical (unpaired) electrons. The van der Waals surface area contributed by atoms with Crippen molar-refractivity contribution in [3.05, 3.63) is 64.2 Å². The first-order valence-corrected chi connectivity index (χ1v) is 11.3. The number of hydrogen-bond donors (Lipinski definition) is 1. The van der Waals surface area contributed by atoms with Gasteiger partial charge in [-0.1, -0.05) is 26.0 Å². The van der Waals surface area contributed by atoms with Gasteiger partial charge in [-0.25, -0.2) is 0 Å². The van der Waals surface area contributed by atoms with Gasteiger partial charge in [0.05, 0.1) is 25.3 Å². The summed E-state index contributed by atoms with van der Waals surface area (Å²) in [5, 5.41) is 11.5. The third-order valence-electron chi connectivity index (χ3n) is 5.97. The molecule has 0 bridgehead atoms. The molecule has 1 fully saturated rings. The number of aryl methyl sites for hydroxylation is 1. The van der Waals surface area contributed by atoms with Crippen LogP contribution in [0.4, 0.5) is 0 Å². The number of likely N-dealkylation sites (tertiary alicyclic amines) is 1. The minimum absolute atomic E-state index is 0.0333. The largest absolute Gasteiger partial charge is 0.507 e. The highest BCUT2D eigenvalue weighted by Gasteiger charge is 2.46. The summed E-state index contributed by atoms with van der Waals surface area (Å²) in [6.07, 6.45) is 0. The first-order valence-electron chi connectivity index (χ1n) is 11.3. The van der Waals surface area contributed by atoms with Gasteiger partial charge in [-0.05, 0) is 53.8 Å². The Labute approximate surface area is 205 Å². The Kier molecular flexibility index (Phi) is 7.96. The summed E-state index contributed by atoms with van der Waals surface area (Å²) in [5.74, 6) is -1.24. The molecule has 0 saturated carbocycles. The van der Waals surface area contributed by atoms with Crippen LogP contribution in [0.2, 0.25) is 0 Å². The molecule has 35 heavy (non-hydrogen) atoms. The zero-order valence-electron chi connectivity index (χ0n) is 20.9. The minimum Gasteiger partial charge on any atom is -0.507 e. The number of Topliss-reactive ketones (excluding diaryl/α,β-unsaturated/α-hetero) is 1. The van der Waals surface area contributed by atoms with Crippen molar-refractivity contribution in [2.24, 2.45) is 0 Å². The number of aliphatic hydroxyl groups excluding tert-OH is 1. The monoisotopic (exact) mass is 481 g/mol. The van der Waals surface area contributed by atoms with Gasteiger partial charge in [0.15, 0.2) is 0 Å². The maximum absolute atomic E-state index is 13.2. The first-order chi connectivity index (χ1) is 16.6. The standard InChI is InChI=1S/C27H31NO7/c1-15(2)20-14-21(16(3)12-22(20)34-6)25(30)23-24(28(10-11-33-5)27(32)26(23)31)18-8-7-9-19(13-18)35-17(4)29/h7-9,12-15,24,30H,10-11H2,1-6H3/b25-23+. The van der Waals surface area contributed by atoms with E-state index < -0.39 is 23.7 Å². The fraction of sp³-hybridized carbons (Fsp3) is 0.370. The summed E-state index contributed by atoms with van der Waals surface area (Å²) in [6.45, 7) is 7.43. The lowest BCUT2D eigenvalue weighted by Gasteiger charge is -2.25. The Bertz CT molecular complexity index is 1180. The van der Waals surface area contributed by atoms with Crippen LogP contribution in [0, 0.1) is 6.92 Å². The molecule has 1 aliphatic heterocycles. The first kappa shape index (κ1) is 26.0. The SMILES string of the molecule is COCCN1C(=O)C(=O)/C(=C(/O)c2cc(C(C)C)c(OC)cc2C)C1c1cccc(OC(C)=O)c1. The highest BCUT2D eigenvalue weighted by molar-refractivity contribution is 6.46. The fourth-order valence-corrected chi connectivity index (χ4v) is 4.29. The normalized spacial score (nSPS) is 17.2. The van der Waals surface area contributed by atoms with Crippen molar-refractivity contribution in [1.29, 1.82) is 0 Å². The Hall–Kier alpha value is -3.65. The summed E-state index contributed by atoms with van der Waals surface area (Å²) in [7, 11) is 3.08. The van der Waals surface area contributed by atoms with Gasteiger partial charge in [-0.15, -0.1) is 0 Å². The molecule has 0 aliphatic carbocycles. The summed E-state index contributed by atoms with van der Waals surface area (Å²) >= 11 is 0. The van der Waals surface area contributed by atoms with Crippen molar-refractivity contribution >= 4 is 23.4 Å². The molecule has 3 rings (SSSR count). The Morgan fingerprint density at radius 2 is 1.86 bits per heavy atom. The van der Waals surface area contributed by atoms with Gasteiger partial charge in [0.1, 0.15) is 17.3 Å². The molecule has 1 aliphatic rings. The number of esters is 1. The van der Waals surface area contributed by atoms with Crippen LogP contribution in [-0.2, 0) is 19.1 Å². The van der Waals surface area contributed by atoms with Crippen molar-refractivity contribution in [2.75, 3.05) is 27.4 Å². The number of methoxy groups -OCH3 is 2. The van der Waals surface area contributed by atoms with E-state index in [0.29, 0.717) is 22.4 Å². The van der Waals surface area contributed by atoms with E-state index in [9.17, 15) is 19.5 Å². The number of ketones is 1. The smallest absolute Gasteiger partial charge is 0.308 e. The van der Waals surface area contributed by atoms with E-state index in [-0.39, 0.29) is 36.2 Å². The van der Waals surface area contributed by atoms with Crippen LogP contribution in [0.1, 0.15) is 55.0 Å². The summed E-state index contributed by atoms with van der Waals surface area (Å²) in [5.41, 5.74) is 2.49. The molecule has 1 N–H and O–H groups in total. The third kappa shape index (κ3) is 5.22. The van der Waals surface area contributed by atoms with Crippen molar-refractivity contribution in [1.82, 2.24) is 4.90 Å². The quantitative estimate of drug-likeness (QED) is 0.199. The fourth-order valence-electron chi connectivity index (χ4n) is 4.29. The second-order valence-corrected chi connectivity index (χ2v) is 8.72. The minimum atomic E-state index is -0.885. The number of benzene rings is 2. The average molecular weight is 482 g/mol. The van der Waals surface area contributed by atoms with E-state index in [1.165, 1.54) is 18.9 Å². The van der Waals surface area contributed by atoms with Gasteiger partial charge in [-0.2, -0.15) is 0 Å². The lowest BCUT2D eigenvalue weighted by atomic mass is 9.91. The molecule has 186 valence electrons. The summed E-state index contributed by atoms with van der Waals surface area (Å²) in [4.78, 5) is 39.1. The molecule has 1 heterocycles. The molecule has 0 aromatic heterocycles. The highest BCUT2D eigenvalue weighted by Crippen LogP contribution is 2.41. The van der Waals surface area contributed by atoms with E-state index in [1.807, 2.05) is 19.9 Å². The molecular formula is C27H31NO7. The average Bonchev–Trinajstić information content (AvgIpc) is 3.06. The maximum atomic E-state index is 13.2. The molecule has 8 nitrogen and oxygen atoms in total. The zero-order valence-corrected chi connectivity index (χ0v) is 20.9. The van der Waals surface area contributed by atoms with Gasteiger partial charge < -0.3 is 24.2 Å². The molecule has 2 aromatic rings. The van der Waals surface area contributed by atoms with Crippen molar-refractivity contribution in [3.63, 3.8) is 0 Å². The van der Waals surface area contributed by atoms with E-state index >= 15 is 0 Å². The molecular weight excluding hydrogens is 450 g/mol. The van der Waals surface area contributed by atoms with Crippen LogP contribution in [0.15, 0.2) is 42.0 Å². The maximum Gasteiger partial charge on any atom is 0.308 e. The number of ether oxygens (including phenoxy) is 3. The molecule has 1 unspecified atom stereocenters. The number of carbonyl (C=O) groups is 3. The number of amides is 1. The van der Waals surface area contributed by atoms with Crippen molar-refractivity contribution in [3.8, 4) is 11.5 Å². The van der Waals surface area contributed by atoms with Crippen LogP contribution >= 0.6 is 0 Å². The second kappa shape index (κ2) is 10.7. The van der Waals surface area contributed by atoms with Gasteiger partial charge in [0.2, 0.25) is 0 Å². The lowest BCUT2D eigenvalue weighted by molar-refractivity contribution is -0.140. The lowest BCUT2D eigenvalue weighted by Crippen LogP contribution is -2.32. The Morgan fingerprint density at radius 1 is 1.14 bits per heavy atom. The highest BCUT2D eigenvalue weighted by atomic mass is 16.5. The molecule has 2 aromatic carbocycles. The van der Waals surface area contributed by atoms with Gasteiger partial charge >= 0.3 is 5.97 Å². The number of rotatable bonds is 8. The van der Waals surface area contributed by atoms with E-state index in [2.05, 4.69) is 0 Å². The number of hydrogen-bond acceptors (Lipinski definition) is 7. The van der Waals surface area contributed by atoms with Crippen molar-refractivity contribution in [2.45, 2.75) is 39.7 Å². The topological polar surface area (TPSA) is 102 Å². The molecule has 1 saturated heterocycles. The molecule has 0 spiro atoms. The van der Waals surface area contributed by atoms with E-state index in [0.717, 1.165) is 5.56 Å². The van der Waals surface area contributed by atoms with Gasteiger partial charge in [-0.3, -0.25) is 14.4 Å². The van der Waals surface area contributed by atoms with Crippen LogP contribution in [-0.4, -0.2) is 55.0 Å². The van der Waals surface area contributed by atoms with Crippen LogP contribution in [0.5, 0.6) is 11.5 Å². The summed E-state index contributed by atoms with van der Waals surface area (Å²) < 4.78 is 15.9. The Morgan fingerprint density at radius 3 is 2.46 bits per heavy atom. The number of nitrogens with zero attached hydrogens (tertiary/aromatic N) is 1. The number of aliphatic hydroxyl groups is 1. The molecule has 8 heteroatoms. The molecule has 1 atom stereocenters. The van der Waals surface area contributed by atoms with E-state index in [1.54, 1.807) is 44.4 Å². The van der Waals surface area contributed by atoms with Crippen LogP contribution in [0.3, 0.4) is 0 Å². The Balaban J connectivity index is 2.25.